The first-order chi connectivity index (χ1) is 9.81. The summed E-state index contributed by atoms with van der Waals surface area (Å²) in [6.45, 7) is 8.31. The van der Waals surface area contributed by atoms with Gasteiger partial charge < -0.3 is 10.1 Å². The van der Waals surface area contributed by atoms with Gasteiger partial charge in [0, 0.05) is 42.9 Å². The number of rotatable bonds is 7. The normalized spacial score (nSPS) is 22.6. The molecule has 112 valence electrons. The molecule has 0 spiro atoms. The van der Waals surface area contributed by atoms with E-state index in [2.05, 4.69) is 23.8 Å². The van der Waals surface area contributed by atoms with Gasteiger partial charge in [-0.3, -0.25) is 4.68 Å². The van der Waals surface area contributed by atoms with Crippen molar-refractivity contribution in [2.24, 2.45) is 5.92 Å². The van der Waals surface area contributed by atoms with E-state index in [-0.39, 0.29) is 0 Å². The van der Waals surface area contributed by atoms with Crippen LogP contribution < -0.4 is 5.32 Å². The molecule has 0 amide bonds. The second kappa shape index (κ2) is 6.27. The summed E-state index contributed by atoms with van der Waals surface area (Å²) in [5.41, 5.74) is 4.18. The van der Waals surface area contributed by atoms with Gasteiger partial charge in [-0.2, -0.15) is 5.10 Å². The monoisotopic (exact) mass is 277 g/mol. The Bertz CT molecular complexity index is 445. The number of nitrogens with one attached hydrogen (secondary N) is 1. The molecule has 0 radical (unpaired) electrons. The predicted octanol–water partition coefficient (Wildman–Crippen LogP) is 2.30. The molecule has 1 aromatic heterocycles. The van der Waals surface area contributed by atoms with Crippen LogP contribution in [-0.4, -0.2) is 29.0 Å². The molecule has 1 N–H and O–H groups in total. The zero-order valence-corrected chi connectivity index (χ0v) is 12.8. The van der Waals surface area contributed by atoms with Crippen LogP contribution in [0, 0.1) is 5.92 Å². The Morgan fingerprint density at radius 3 is 2.70 bits per heavy atom. The van der Waals surface area contributed by atoms with Crippen molar-refractivity contribution >= 4 is 0 Å². The van der Waals surface area contributed by atoms with E-state index in [1.54, 1.807) is 0 Å². The van der Waals surface area contributed by atoms with Gasteiger partial charge in [-0.05, 0) is 32.1 Å². The van der Waals surface area contributed by atoms with Crippen LogP contribution in [0.5, 0.6) is 0 Å². The van der Waals surface area contributed by atoms with Gasteiger partial charge in [0.25, 0.3) is 0 Å². The maximum absolute atomic E-state index is 5.50. The third kappa shape index (κ3) is 3.07. The number of aryl methyl sites for hydroxylation is 1. The van der Waals surface area contributed by atoms with Gasteiger partial charge >= 0.3 is 0 Å². The first-order valence-corrected chi connectivity index (χ1v) is 8.20. The molecule has 0 aromatic carbocycles. The molecule has 4 nitrogen and oxygen atoms in total. The van der Waals surface area contributed by atoms with Crippen LogP contribution in [0.4, 0.5) is 0 Å². The quantitative estimate of drug-likeness (QED) is 0.831. The summed E-state index contributed by atoms with van der Waals surface area (Å²) in [6.07, 6.45) is 5.97. The van der Waals surface area contributed by atoms with Crippen LogP contribution in [0.1, 0.15) is 50.1 Å². The number of aromatic nitrogens is 2. The molecule has 1 aliphatic carbocycles. The van der Waals surface area contributed by atoms with E-state index in [1.807, 2.05) is 0 Å². The zero-order valence-electron chi connectivity index (χ0n) is 12.8. The molecule has 2 fully saturated rings. The zero-order chi connectivity index (χ0) is 13.9. The third-order valence-corrected chi connectivity index (χ3v) is 4.52. The molecule has 1 aromatic rings. The highest BCUT2D eigenvalue weighted by molar-refractivity contribution is 5.27. The van der Waals surface area contributed by atoms with Crippen LogP contribution >= 0.6 is 0 Å². The Labute approximate surface area is 121 Å². The maximum Gasteiger partial charge on any atom is 0.0669 e. The fourth-order valence-electron chi connectivity index (χ4n) is 3.13. The van der Waals surface area contributed by atoms with Crippen LogP contribution in [0.15, 0.2) is 0 Å². The fraction of sp³-hybridized carbons (Fsp3) is 0.812. The molecule has 1 saturated carbocycles. The largest absolute Gasteiger partial charge is 0.381 e. The number of nitrogens with zero attached hydrogens (tertiary/aromatic N) is 2. The molecule has 1 aliphatic heterocycles. The number of hydrogen-bond donors (Lipinski definition) is 1. The fourth-order valence-corrected chi connectivity index (χ4v) is 3.13. The molecule has 1 saturated heterocycles. The summed E-state index contributed by atoms with van der Waals surface area (Å²) in [5.74, 6) is 0.647. The van der Waals surface area contributed by atoms with E-state index in [1.165, 1.54) is 36.2 Å². The van der Waals surface area contributed by atoms with E-state index in [4.69, 9.17) is 9.84 Å². The highest BCUT2D eigenvalue weighted by Gasteiger charge is 2.24. The second-order valence-corrected chi connectivity index (χ2v) is 6.15. The van der Waals surface area contributed by atoms with E-state index in [9.17, 15) is 0 Å². The van der Waals surface area contributed by atoms with Crippen LogP contribution in [-0.2, 0) is 30.7 Å². The van der Waals surface area contributed by atoms with E-state index in [0.717, 1.165) is 45.2 Å². The Balaban J connectivity index is 1.76. The lowest BCUT2D eigenvalue weighted by Gasteiger charge is -2.12. The predicted molar refractivity (Wildman–Crippen MR) is 79.8 cm³/mol. The van der Waals surface area contributed by atoms with Crippen molar-refractivity contribution in [3.63, 3.8) is 0 Å². The number of hydrogen-bond acceptors (Lipinski definition) is 3. The average Bonchev–Trinajstić information content (AvgIpc) is 3.03. The highest BCUT2D eigenvalue weighted by Crippen LogP contribution is 2.23. The van der Waals surface area contributed by atoms with Gasteiger partial charge in [0.1, 0.15) is 0 Å². The topological polar surface area (TPSA) is 39.1 Å². The molecule has 3 rings (SSSR count). The Morgan fingerprint density at radius 1 is 1.25 bits per heavy atom. The van der Waals surface area contributed by atoms with Crippen LogP contribution in [0.25, 0.3) is 0 Å². The molecule has 4 heteroatoms. The van der Waals surface area contributed by atoms with Crippen molar-refractivity contribution in [2.45, 2.75) is 65.1 Å². The van der Waals surface area contributed by atoms with Gasteiger partial charge in [0.15, 0.2) is 0 Å². The van der Waals surface area contributed by atoms with E-state index >= 15 is 0 Å². The van der Waals surface area contributed by atoms with Crippen molar-refractivity contribution in [1.82, 2.24) is 15.1 Å². The highest BCUT2D eigenvalue weighted by atomic mass is 16.5. The molecule has 2 aliphatic rings. The van der Waals surface area contributed by atoms with Crippen LogP contribution in [0.2, 0.25) is 0 Å². The van der Waals surface area contributed by atoms with Crippen molar-refractivity contribution < 1.29 is 4.74 Å². The first-order valence-electron chi connectivity index (χ1n) is 8.20. The molecule has 1 unspecified atom stereocenters. The Hall–Kier alpha value is -0.870. The molecule has 20 heavy (non-hydrogen) atoms. The third-order valence-electron chi connectivity index (χ3n) is 4.52. The van der Waals surface area contributed by atoms with Crippen molar-refractivity contribution in [2.75, 3.05) is 13.2 Å². The lowest BCUT2D eigenvalue weighted by atomic mass is 10.1. The lowest BCUT2D eigenvalue weighted by molar-refractivity contribution is 0.181. The van der Waals surface area contributed by atoms with Gasteiger partial charge in [-0.25, -0.2) is 0 Å². The molecule has 1 atom stereocenters. The van der Waals surface area contributed by atoms with E-state index in [0.29, 0.717) is 5.92 Å². The van der Waals surface area contributed by atoms with Crippen molar-refractivity contribution in [3.8, 4) is 0 Å². The first kappa shape index (κ1) is 14.1. The minimum atomic E-state index is 0.647. The molecular weight excluding hydrogens is 250 g/mol. The standard InChI is InChI=1S/C16H27N3O/c1-3-15-14(9-17-13-5-6-13)16(4-2)19(18-15)10-12-7-8-20-11-12/h12-13,17H,3-11H2,1-2H3. The lowest BCUT2D eigenvalue weighted by Crippen LogP contribution is -2.18. The molecular formula is C16H27N3O. The summed E-state index contributed by atoms with van der Waals surface area (Å²) >= 11 is 0. The Kier molecular flexibility index (Phi) is 4.41. The average molecular weight is 277 g/mol. The molecule has 2 heterocycles. The van der Waals surface area contributed by atoms with Gasteiger partial charge in [-0.1, -0.05) is 13.8 Å². The molecule has 0 bridgehead atoms. The smallest absolute Gasteiger partial charge is 0.0669 e. The summed E-state index contributed by atoms with van der Waals surface area (Å²) in [6, 6.07) is 0.760. The SMILES string of the molecule is CCc1nn(CC2CCOC2)c(CC)c1CNC1CC1. The van der Waals surface area contributed by atoms with Crippen LogP contribution in [0.3, 0.4) is 0 Å². The maximum atomic E-state index is 5.50. The minimum Gasteiger partial charge on any atom is -0.381 e. The summed E-state index contributed by atoms with van der Waals surface area (Å²) in [7, 11) is 0. The van der Waals surface area contributed by atoms with Crippen molar-refractivity contribution in [3.05, 3.63) is 17.0 Å². The second-order valence-electron chi connectivity index (χ2n) is 6.15. The van der Waals surface area contributed by atoms with Gasteiger partial charge in [0.05, 0.1) is 12.3 Å². The summed E-state index contributed by atoms with van der Waals surface area (Å²) in [5, 5.41) is 8.53. The van der Waals surface area contributed by atoms with Gasteiger partial charge in [-0.15, -0.1) is 0 Å². The summed E-state index contributed by atoms with van der Waals surface area (Å²) in [4.78, 5) is 0. The van der Waals surface area contributed by atoms with Crippen molar-refractivity contribution in [1.29, 1.82) is 0 Å². The van der Waals surface area contributed by atoms with Gasteiger partial charge in [0.2, 0.25) is 0 Å². The minimum absolute atomic E-state index is 0.647. The Morgan fingerprint density at radius 2 is 2.10 bits per heavy atom. The van der Waals surface area contributed by atoms with E-state index < -0.39 is 0 Å². The number of ether oxygens (including phenoxy) is 1. The summed E-state index contributed by atoms with van der Waals surface area (Å²) < 4.78 is 7.77.